The fraction of sp³-hybridized carbons (Fsp3) is 0.625. The van der Waals surface area contributed by atoms with Gasteiger partial charge in [-0.05, 0) is 58.1 Å². The van der Waals surface area contributed by atoms with Gasteiger partial charge in [-0.2, -0.15) is 13.2 Å². The number of rotatable bonds is 6. The number of carbonyl (C=O) groups is 1. The van der Waals surface area contributed by atoms with E-state index in [0.717, 1.165) is 25.7 Å². The largest absolute Gasteiger partial charge is 0.507 e. The van der Waals surface area contributed by atoms with Crippen molar-refractivity contribution in [3.05, 3.63) is 34.4 Å². The van der Waals surface area contributed by atoms with Gasteiger partial charge in [0.05, 0.1) is 0 Å². The van der Waals surface area contributed by atoms with Crippen LogP contribution in [0.2, 0.25) is 0 Å². The lowest BCUT2D eigenvalue weighted by molar-refractivity contribution is -0.161. The molecule has 0 saturated carbocycles. The molecule has 0 saturated heterocycles. The third-order valence-electron chi connectivity index (χ3n) is 6.39. The summed E-state index contributed by atoms with van der Waals surface area (Å²) < 4.78 is 48.7. The molecule has 1 heterocycles. The normalized spacial score (nSPS) is 22.1. The van der Waals surface area contributed by atoms with Crippen LogP contribution in [-0.4, -0.2) is 29.5 Å². The van der Waals surface area contributed by atoms with Crippen molar-refractivity contribution >= 4 is 5.97 Å². The van der Waals surface area contributed by atoms with Crippen LogP contribution in [0, 0.1) is 5.92 Å². The molecule has 1 aromatic rings. The van der Waals surface area contributed by atoms with Gasteiger partial charge in [0.1, 0.15) is 22.7 Å². The molecule has 2 aliphatic rings. The van der Waals surface area contributed by atoms with Gasteiger partial charge in [0.2, 0.25) is 0 Å². The van der Waals surface area contributed by atoms with Crippen LogP contribution in [-0.2, 0) is 11.2 Å². The fourth-order valence-corrected chi connectivity index (χ4v) is 4.86. The van der Waals surface area contributed by atoms with Crippen molar-refractivity contribution < 1.29 is 32.5 Å². The summed E-state index contributed by atoms with van der Waals surface area (Å²) in [4.78, 5) is 12.7. The zero-order chi connectivity index (χ0) is 23.0. The van der Waals surface area contributed by atoms with Crippen LogP contribution in [0.25, 0.3) is 0 Å². The Morgan fingerprint density at radius 2 is 2.03 bits per heavy atom. The topological polar surface area (TPSA) is 55.8 Å². The number of carbonyl (C=O) groups excluding carboxylic acids is 1. The summed E-state index contributed by atoms with van der Waals surface area (Å²) in [7, 11) is 0. The lowest BCUT2D eigenvalue weighted by Gasteiger charge is -2.47. The summed E-state index contributed by atoms with van der Waals surface area (Å²) in [6, 6.07) is 1.72. The Labute approximate surface area is 181 Å². The summed E-state index contributed by atoms with van der Waals surface area (Å²) in [5.74, 6) is -0.926. The molecule has 3 rings (SSSR count). The van der Waals surface area contributed by atoms with E-state index in [1.54, 1.807) is 6.07 Å². The summed E-state index contributed by atoms with van der Waals surface area (Å²) >= 11 is 0. The number of halogens is 3. The van der Waals surface area contributed by atoms with Crippen LogP contribution in [0.15, 0.2) is 17.7 Å². The van der Waals surface area contributed by atoms with Gasteiger partial charge in [0.15, 0.2) is 6.61 Å². The van der Waals surface area contributed by atoms with Gasteiger partial charge in [-0.1, -0.05) is 31.4 Å². The molecule has 172 valence electrons. The first-order chi connectivity index (χ1) is 14.4. The second-order valence-electron chi connectivity index (χ2n) is 9.23. The number of aryl methyl sites for hydroxylation is 1. The highest BCUT2D eigenvalue weighted by Gasteiger charge is 2.47. The lowest BCUT2D eigenvalue weighted by Crippen LogP contribution is -2.45. The molecule has 0 amide bonds. The van der Waals surface area contributed by atoms with E-state index < -0.39 is 24.4 Å². The second kappa shape index (κ2) is 8.75. The highest BCUT2D eigenvalue weighted by atomic mass is 19.4. The third-order valence-corrected chi connectivity index (χ3v) is 6.39. The summed E-state index contributed by atoms with van der Waals surface area (Å²) in [5, 5.41) is 11.2. The van der Waals surface area contributed by atoms with Crippen molar-refractivity contribution in [2.45, 2.75) is 83.9 Å². The average molecular weight is 441 g/mol. The number of esters is 1. The standard InChI is InChI=1S/C24H31F3O4/c1-5-6-7-8-15-12-18-20(21(28)19(15)22(29)30-13-24(25,26)27)16-11-14(2)9-10-17(16)23(3,4)31-18/h9,12,16-17,28H,5-8,10-11,13H2,1-4H3. The van der Waals surface area contributed by atoms with Crippen LogP contribution < -0.4 is 4.74 Å². The van der Waals surface area contributed by atoms with E-state index in [4.69, 9.17) is 4.74 Å². The number of phenolic OH excluding ortho intramolecular Hbond substituents is 1. The molecule has 1 N–H and O–H groups in total. The van der Waals surface area contributed by atoms with Crippen molar-refractivity contribution in [1.29, 1.82) is 0 Å². The van der Waals surface area contributed by atoms with E-state index >= 15 is 0 Å². The molecule has 2 atom stereocenters. The smallest absolute Gasteiger partial charge is 0.422 e. The molecule has 1 aromatic carbocycles. The Balaban J connectivity index is 2.08. The van der Waals surface area contributed by atoms with Crippen LogP contribution in [0.3, 0.4) is 0 Å². The van der Waals surface area contributed by atoms with Gasteiger partial charge >= 0.3 is 12.1 Å². The summed E-state index contributed by atoms with van der Waals surface area (Å²) in [6.07, 6.45) is 2.03. The van der Waals surface area contributed by atoms with E-state index in [1.165, 1.54) is 5.57 Å². The fourth-order valence-electron chi connectivity index (χ4n) is 4.86. The molecule has 0 radical (unpaired) electrons. The molecule has 0 aromatic heterocycles. The van der Waals surface area contributed by atoms with E-state index in [2.05, 4.69) is 10.8 Å². The average Bonchev–Trinajstić information content (AvgIpc) is 2.65. The molecule has 1 aliphatic carbocycles. The first-order valence-electron chi connectivity index (χ1n) is 10.9. The minimum Gasteiger partial charge on any atom is -0.507 e. The van der Waals surface area contributed by atoms with Crippen LogP contribution >= 0.6 is 0 Å². The first-order valence-corrected chi connectivity index (χ1v) is 10.9. The van der Waals surface area contributed by atoms with Gasteiger partial charge in [-0.3, -0.25) is 0 Å². The number of phenols is 1. The Bertz CT molecular complexity index is 871. The Kier molecular flexibility index (Phi) is 6.63. The van der Waals surface area contributed by atoms with E-state index in [0.29, 0.717) is 29.7 Å². The predicted octanol–water partition coefficient (Wildman–Crippen LogP) is 6.45. The maximum atomic E-state index is 12.7. The van der Waals surface area contributed by atoms with E-state index in [-0.39, 0.29) is 23.1 Å². The number of hydrogen-bond donors (Lipinski definition) is 1. The molecule has 2 unspecified atom stereocenters. The molecule has 0 fully saturated rings. The van der Waals surface area contributed by atoms with Crippen molar-refractivity contribution in [1.82, 2.24) is 0 Å². The number of aromatic hydroxyl groups is 1. The number of alkyl halides is 3. The number of ether oxygens (including phenoxy) is 2. The summed E-state index contributed by atoms with van der Waals surface area (Å²) in [5.41, 5.74) is 1.52. The quantitative estimate of drug-likeness (QED) is 0.314. The number of allylic oxidation sites excluding steroid dienone is 2. The van der Waals surface area contributed by atoms with Crippen LogP contribution in [0.5, 0.6) is 11.5 Å². The molecule has 0 bridgehead atoms. The lowest BCUT2D eigenvalue weighted by atomic mass is 9.66. The molecule has 0 spiro atoms. The molecule has 7 heteroatoms. The Hall–Kier alpha value is -2.18. The second-order valence-corrected chi connectivity index (χ2v) is 9.23. The zero-order valence-electron chi connectivity index (χ0n) is 18.6. The molecule has 4 nitrogen and oxygen atoms in total. The zero-order valence-corrected chi connectivity index (χ0v) is 18.6. The van der Waals surface area contributed by atoms with Crippen molar-refractivity contribution in [3.63, 3.8) is 0 Å². The maximum absolute atomic E-state index is 12.7. The van der Waals surface area contributed by atoms with Gasteiger partial charge < -0.3 is 14.6 Å². The summed E-state index contributed by atoms with van der Waals surface area (Å²) in [6.45, 7) is 6.40. The van der Waals surface area contributed by atoms with Crippen molar-refractivity contribution in [2.75, 3.05) is 6.61 Å². The van der Waals surface area contributed by atoms with E-state index in [9.17, 15) is 23.1 Å². The molecule has 1 aliphatic heterocycles. The van der Waals surface area contributed by atoms with Gasteiger partial charge in [0.25, 0.3) is 0 Å². The highest BCUT2D eigenvalue weighted by molar-refractivity contribution is 5.95. The van der Waals surface area contributed by atoms with Gasteiger partial charge in [-0.25, -0.2) is 4.79 Å². The highest BCUT2D eigenvalue weighted by Crippen LogP contribution is 2.55. The van der Waals surface area contributed by atoms with Gasteiger partial charge in [0, 0.05) is 17.4 Å². The minimum absolute atomic E-state index is 0.0809. The van der Waals surface area contributed by atoms with Crippen LogP contribution in [0.1, 0.15) is 87.2 Å². The van der Waals surface area contributed by atoms with E-state index in [1.807, 2.05) is 27.7 Å². The number of benzene rings is 1. The van der Waals surface area contributed by atoms with Crippen molar-refractivity contribution in [2.24, 2.45) is 5.92 Å². The number of unbranched alkanes of at least 4 members (excludes halogenated alkanes) is 2. The molecule has 31 heavy (non-hydrogen) atoms. The third kappa shape index (κ3) is 5.01. The molecular formula is C24H31F3O4. The Morgan fingerprint density at radius 1 is 1.32 bits per heavy atom. The predicted molar refractivity (Wildman–Crippen MR) is 112 cm³/mol. The molecular weight excluding hydrogens is 409 g/mol. The minimum atomic E-state index is -4.63. The van der Waals surface area contributed by atoms with Crippen LogP contribution in [0.4, 0.5) is 13.2 Å². The number of hydrogen-bond acceptors (Lipinski definition) is 4. The monoisotopic (exact) mass is 440 g/mol. The SMILES string of the molecule is CCCCCc1cc2c(c(O)c1C(=O)OCC(F)(F)F)C1CC(C)=CCC1C(C)(C)O2. The van der Waals surface area contributed by atoms with Crippen molar-refractivity contribution in [3.8, 4) is 11.5 Å². The van der Waals surface area contributed by atoms with Gasteiger partial charge in [-0.15, -0.1) is 0 Å². The first kappa shape index (κ1) is 23.5. The number of fused-ring (bicyclic) bond motifs is 3. The maximum Gasteiger partial charge on any atom is 0.422 e. The Morgan fingerprint density at radius 3 is 2.68 bits per heavy atom.